The van der Waals surface area contributed by atoms with Gasteiger partial charge in [-0.1, -0.05) is 19.1 Å². The van der Waals surface area contributed by atoms with Gasteiger partial charge in [0.2, 0.25) is 5.91 Å². The Morgan fingerprint density at radius 2 is 2.09 bits per heavy atom. The molecule has 0 spiro atoms. The van der Waals surface area contributed by atoms with Crippen LogP contribution in [0, 0.1) is 11.8 Å². The second-order valence-electron chi connectivity index (χ2n) is 5.88. The number of hydrazone groups is 1. The fourth-order valence-electron chi connectivity index (χ4n) is 2.36. The maximum Gasteiger partial charge on any atom is 0.411 e. The summed E-state index contributed by atoms with van der Waals surface area (Å²) in [5.74, 6) is 0.568. The van der Waals surface area contributed by atoms with Crippen LogP contribution < -0.4 is 10.7 Å². The Labute approximate surface area is 128 Å². The number of ether oxygens (including phenoxy) is 1. The van der Waals surface area contributed by atoms with Crippen LogP contribution in [0.4, 0.5) is 10.5 Å². The Bertz CT molecular complexity index is 606. The van der Waals surface area contributed by atoms with Crippen molar-refractivity contribution in [1.29, 1.82) is 0 Å². The van der Waals surface area contributed by atoms with Crippen molar-refractivity contribution in [3.63, 3.8) is 0 Å². The molecule has 3 rings (SSSR count). The van der Waals surface area contributed by atoms with Crippen LogP contribution in [0.3, 0.4) is 0 Å². The van der Waals surface area contributed by atoms with Crippen LogP contribution in [0.25, 0.3) is 0 Å². The third-order valence-electron chi connectivity index (χ3n) is 3.83. The molecule has 0 aromatic heterocycles. The second-order valence-corrected chi connectivity index (χ2v) is 5.88. The van der Waals surface area contributed by atoms with E-state index in [-0.39, 0.29) is 11.8 Å². The van der Waals surface area contributed by atoms with Gasteiger partial charge in [0.1, 0.15) is 0 Å². The third-order valence-corrected chi connectivity index (χ3v) is 3.83. The van der Waals surface area contributed by atoms with Gasteiger partial charge in [-0.05, 0) is 36.5 Å². The number of anilines is 1. The Hall–Kier alpha value is -2.37. The largest absolute Gasteiger partial charge is 0.449 e. The van der Waals surface area contributed by atoms with E-state index in [4.69, 9.17) is 4.74 Å². The summed E-state index contributed by atoms with van der Waals surface area (Å²) in [6, 6.07) is 7.37. The molecule has 1 aliphatic carbocycles. The normalized spacial score (nSPS) is 20.9. The van der Waals surface area contributed by atoms with Crippen LogP contribution >= 0.6 is 0 Å². The van der Waals surface area contributed by atoms with Gasteiger partial charge in [-0.3, -0.25) is 10.1 Å². The topological polar surface area (TPSA) is 79.8 Å². The molecule has 1 saturated carbocycles. The van der Waals surface area contributed by atoms with Crippen LogP contribution in [-0.2, 0) is 9.53 Å². The molecule has 1 fully saturated rings. The van der Waals surface area contributed by atoms with Crippen molar-refractivity contribution in [1.82, 2.24) is 5.43 Å². The van der Waals surface area contributed by atoms with Gasteiger partial charge in [-0.2, -0.15) is 5.10 Å². The lowest BCUT2D eigenvalue weighted by Gasteiger charge is -2.19. The van der Waals surface area contributed by atoms with Gasteiger partial charge in [-0.15, -0.1) is 0 Å². The lowest BCUT2D eigenvalue weighted by atomic mass is 9.94. The molecule has 1 heterocycles. The van der Waals surface area contributed by atoms with E-state index in [1.807, 2.05) is 19.1 Å². The van der Waals surface area contributed by atoms with E-state index < -0.39 is 6.09 Å². The molecule has 1 aliphatic heterocycles. The molecule has 1 aromatic rings. The zero-order chi connectivity index (χ0) is 15.5. The number of hydrogen-bond acceptors (Lipinski definition) is 4. The number of nitrogens with zero attached hydrogens (tertiary/aromatic N) is 1. The summed E-state index contributed by atoms with van der Waals surface area (Å²) < 4.78 is 5.12. The molecule has 6 heteroatoms. The number of nitrogens with one attached hydrogen (secondary N) is 2. The number of benzene rings is 1. The highest BCUT2D eigenvalue weighted by molar-refractivity contribution is 6.06. The predicted molar refractivity (Wildman–Crippen MR) is 82.6 cm³/mol. The summed E-state index contributed by atoms with van der Waals surface area (Å²) in [5, 5.41) is 6.82. The van der Waals surface area contributed by atoms with Crippen molar-refractivity contribution in [2.45, 2.75) is 26.2 Å². The minimum Gasteiger partial charge on any atom is -0.449 e. The zero-order valence-electron chi connectivity index (χ0n) is 12.5. The van der Waals surface area contributed by atoms with Crippen molar-refractivity contribution >= 4 is 23.4 Å². The monoisotopic (exact) mass is 301 g/mol. The summed E-state index contributed by atoms with van der Waals surface area (Å²) in [6.45, 7) is 2.47. The molecule has 0 radical (unpaired) electrons. The van der Waals surface area contributed by atoms with Gasteiger partial charge in [0, 0.05) is 18.0 Å². The van der Waals surface area contributed by atoms with E-state index in [0.29, 0.717) is 24.6 Å². The molecule has 6 nitrogen and oxygen atoms in total. The highest BCUT2D eigenvalue weighted by Crippen LogP contribution is 2.28. The van der Waals surface area contributed by atoms with Crippen LogP contribution in [0.5, 0.6) is 0 Å². The van der Waals surface area contributed by atoms with Crippen LogP contribution in [-0.4, -0.2) is 24.3 Å². The van der Waals surface area contributed by atoms with Gasteiger partial charge in [-0.25, -0.2) is 10.2 Å². The quantitative estimate of drug-likeness (QED) is 0.896. The first-order valence-corrected chi connectivity index (χ1v) is 7.52. The number of amides is 2. The summed E-state index contributed by atoms with van der Waals surface area (Å²) in [5.41, 5.74) is 4.96. The minimum absolute atomic E-state index is 0.0621. The van der Waals surface area contributed by atoms with Crippen molar-refractivity contribution in [2.24, 2.45) is 16.9 Å². The molecule has 1 atom stereocenters. The Balaban J connectivity index is 1.59. The summed E-state index contributed by atoms with van der Waals surface area (Å²) in [6.07, 6.45) is 2.32. The molecular formula is C16H19N3O3. The van der Waals surface area contributed by atoms with Gasteiger partial charge in [0.15, 0.2) is 0 Å². The fourth-order valence-corrected chi connectivity index (χ4v) is 2.36. The maximum atomic E-state index is 11.6. The molecule has 2 N–H and O–H groups in total. The first kappa shape index (κ1) is 14.6. The van der Waals surface area contributed by atoms with E-state index in [1.54, 1.807) is 12.1 Å². The first-order chi connectivity index (χ1) is 10.6. The predicted octanol–water partition coefficient (Wildman–Crippen LogP) is 2.51. The highest BCUT2D eigenvalue weighted by Gasteiger charge is 2.23. The molecule has 22 heavy (non-hydrogen) atoms. The Morgan fingerprint density at radius 1 is 1.36 bits per heavy atom. The molecule has 116 valence electrons. The third kappa shape index (κ3) is 3.63. The van der Waals surface area contributed by atoms with Crippen molar-refractivity contribution in [3.8, 4) is 0 Å². The van der Waals surface area contributed by atoms with Crippen molar-refractivity contribution in [2.75, 3.05) is 11.9 Å². The van der Waals surface area contributed by atoms with Crippen LogP contribution in [0.1, 0.15) is 31.7 Å². The smallest absolute Gasteiger partial charge is 0.411 e. The number of carbonyl (C=O) groups excluding carboxylic acids is 2. The van der Waals surface area contributed by atoms with Crippen molar-refractivity contribution in [3.05, 3.63) is 29.8 Å². The van der Waals surface area contributed by atoms with Gasteiger partial charge in [0.05, 0.1) is 12.3 Å². The van der Waals surface area contributed by atoms with E-state index in [0.717, 1.165) is 24.1 Å². The summed E-state index contributed by atoms with van der Waals surface area (Å²) in [7, 11) is 0. The lowest BCUT2D eigenvalue weighted by molar-refractivity contribution is -0.121. The lowest BCUT2D eigenvalue weighted by Crippen LogP contribution is -2.31. The second kappa shape index (κ2) is 6.17. The molecule has 2 aliphatic rings. The van der Waals surface area contributed by atoms with Gasteiger partial charge >= 0.3 is 6.09 Å². The van der Waals surface area contributed by atoms with Crippen LogP contribution in [0.15, 0.2) is 29.4 Å². The molecule has 0 saturated heterocycles. The fraction of sp³-hybridized carbons (Fsp3) is 0.438. The number of rotatable bonds is 4. The SMILES string of the molecule is CC1CC(=O)NN=C1c1ccc(NC(=O)OCC2CC2)cc1. The Kier molecular flexibility index (Phi) is 4.09. The zero-order valence-corrected chi connectivity index (χ0v) is 12.5. The number of hydrogen-bond donors (Lipinski definition) is 2. The molecule has 0 bridgehead atoms. The molecule has 2 amide bonds. The van der Waals surface area contributed by atoms with Crippen LogP contribution in [0.2, 0.25) is 0 Å². The van der Waals surface area contributed by atoms with E-state index >= 15 is 0 Å². The van der Waals surface area contributed by atoms with Crippen molar-refractivity contribution < 1.29 is 14.3 Å². The van der Waals surface area contributed by atoms with E-state index in [2.05, 4.69) is 15.8 Å². The average Bonchev–Trinajstić information content (AvgIpc) is 3.31. The van der Waals surface area contributed by atoms with Gasteiger partial charge < -0.3 is 4.74 Å². The maximum absolute atomic E-state index is 11.6. The Morgan fingerprint density at radius 3 is 2.73 bits per heavy atom. The highest BCUT2D eigenvalue weighted by atomic mass is 16.5. The average molecular weight is 301 g/mol. The summed E-state index contributed by atoms with van der Waals surface area (Å²) >= 11 is 0. The van der Waals surface area contributed by atoms with E-state index in [9.17, 15) is 9.59 Å². The van der Waals surface area contributed by atoms with Gasteiger partial charge in [0.25, 0.3) is 0 Å². The van der Waals surface area contributed by atoms with E-state index in [1.165, 1.54) is 0 Å². The number of carbonyl (C=O) groups is 2. The molecule has 1 unspecified atom stereocenters. The minimum atomic E-state index is -0.421. The molecular weight excluding hydrogens is 282 g/mol. The standard InChI is InChI=1S/C16H19N3O3/c1-10-8-14(20)18-19-15(10)12-4-6-13(7-5-12)17-16(21)22-9-11-2-3-11/h4-7,10-11H,2-3,8-9H2,1H3,(H,17,21)(H,18,20). The first-order valence-electron chi connectivity index (χ1n) is 7.52. The summed E-state index contributed by atoms with van der Waals surface area (Å²) in [4.78, 5) is 22.9. The molecule has 1 aromatic carbocycles.